The summed E-state index contributed by atoms with van der Waals surface area (Å²) in [6, 6.07) is 15.3. The van der Waals surface area contributed by atoms with Crippen LogP contribution in [0.5, 0.6) is 5.75 Å². The topological polar surface area (TPSA) is 35.5 Å². The molecule has 2 aromatic carbocycles. The number of ether oxygens (including phenoxy) is 2. The van der Waals surface area contributed by atoms with E-state index in [1.807, 2.05) is 48.6 Å². The zero-order valence-electron chi connectivity index (χ0n) is 11.6. The predicted molar refractivity (Wildman–Crippen MR) is 91.5 cm³/mol. The molecule has 2 aromatic rings. The molecule has 0 fully saturated rings. The molecule has 0 unspecified atom stereocenters. The van der Waals surface area contributed by atoms with E-state index in [2.05, 4.69) is 22.6 Å². The summed E-state index contributed by atoms with van der Waals surface area (Å²) < 4.78 is 11.3. The highest BCUT2D eigenvalue weighted by atomic mass is 127. The maximum atomic E-state index is 11.5. The van der Waals surface area contributed by atoms with Crippen molar-refractivity contribution < 1.29 is 14.3 Å². The number of methoxy groups -OCH3 is 1. The lowest BCUT2D eigenvalue weighted by atomic mass is 10.2. The first-order valence-corrected chi connectivity index (χ1v) is 7.51. The summed E-state index contributed by atoms with van der Waals surface area (Å²) >= 11 is 2.17. The quantitative estimate of drug-likeness (QED) is 0.564. The van der Waals surface area contributed by atoms with Gasteiger partial charge in [0.25, 0.3) is 0 Å². The maximum absolute atomic E-state index is 11.5. The lowest BCUT2D eigenvalue weighted by molar-refractivity contribution is 0.0600. The van der Waals surface area contributed by atoms with Crippen molar-refractivity contribution in [3.8, 4) is 5.75 Å². The molecule has 4 heteroatoms. The fourth-order valence-corrected chi connectivity index (χ4v) is 2.24. The van der Waals surface area contributed by atoms with Crippen LogP contribution in [0.25, 0.3) is 6.08 Å². The molecule has 0 aromatic heterocycles. The first-order chi connectivity index (χ1) is 10.2. The summed E-state index contributed by atoms with van der Waals surface area (Å²) in [6.07, 6.45) is 3.94. The largest absolute Gasteiger partial charge is 0.488 e. The van der Waals surface area contributed by atoms with E-state index in [0.717, 1.165) is 9.13 Å². The minimum atomic E-state index is -0.365. The molecule has 0 amide bonds. The van der Waals surface area contributed by atoms with Gasteiger partial charge in [-0.25, -0.2) is 4.79 Å². The highest BCUT2D eigenvalue weighted by Crippen LogP contribution is 2.22. The van der Waals surface area contributed by atoms with E-state index < -0.39 is 0 Å². The van der Waals surface area contributed by atoms with Crippen LogP contribution in [-0.4, -0.2) is 19.7 Å². The van der Waals surface area contributed by atoms with Crippen molar-refractivity contribution in [1.82, 2.24) is 0 Å². The molecular formula is C17H15IO3. The van der Waals surface area contributed by atoms with Crippen LogP contribution < -0.4 is 4.74 Å². The molecule has 0 aliphatic rings. The van der Waals surface area contributed by atoms with Crippen LogP contribution in [0.3, 0.4) is 0 Å². The van der Waals surface area contributed by atoms with Crippen LogP contribution in [0.1, 0.15) is 15.9 Å². The summed E-state index contributed by atoms with van der Waals surface area (Å²) in [5.74, 6) is 0.312. The Morgan fingerprint density at radius 2 is 1.95 bits per heavy atom. The third-order valence-electron chi connectivity index (χ3n) is 2.80. The Labute approximate surface area is 137 Å². The molecule has 2 rings (SSSR count). The monoisotopic (exact) mass is 394 g/mol. The van der Waals surface area contributed by atoms with Gasteiger partial charge >= 0.3 is 5.97 Å². The van der Waals surface area contributed by atoms with E-state index in [9.17, 15) is 4.79 Å². The third kappa shape index (κ3) is 4.60. The van der Waals surface area contributed by atoms with Crippen molar-refractivity contribution in [3.63, 3.8) is 0 Å². The second-order valence-electron chi connectivity index (χ2n) is 4.26. The molecule has 108 valence electrons. The second kappa shape index (κ2) is 7.83. The fraction of sp³-hybridized carbons (Fsp3) is 0.118. The SMILES string of the molecule is COC(=O)c1ccc(I)c(OC/C=C/c2ccccc2)c1. The number of halogens is 1. The highest BCUT2D eigenvalue weighted by molar-refractivity contribution is 14.1. The molecular weight excluding hydrogens is 379 g/mol. The van der Waals surface area contributed by atoms with E-state index in [-0.39, 0.29) is 5.97 Å². The first-order valence-electron chi connectivity index (χ1n) is 6.43. The van der Waals surface area contributed by atoms with Crippen molar-refractivity contribution in [2.75, 3.05) is 13.7 Å². The van der Waals surface area contributed by atoms with Gasteiger partial charge < -0.3 is 9.47 Å². The Bertz CT molecular complexity index is 636. The smallest absolute Gasteiger partial charge is 0.337 e. The van der Waals surface area contributed by atoms with Gasteiger partial charge in [0, 0.05) is 0 Å². The molecule has 0 radical (unpaired) electrons. The minimum absolute atomic E-state index is 0.365. The number of carbonyl (C=O) groups is 1. The Morgan fingerprint density at radius 3 is 2.67 bits per heavy atom. The standard InChI is InChI=1S/C17H15IO3/c1-20-17(19)14-9-10-15(18)16(12-14)21-11-5-8-13-6-3-2-4-7-13/h2-10,12H,11H2,1H3/b8-5+. The Kier molecular flexibility index (Phi) is 5.80. The van der Waals surface area contributed by atoms with Gasteiger partial charge in [-0.2, -0.15) is 0 Å². The molecule has 21 heavy (non-hydrogen) atoms. The van der Waals surface area contributed by atoms with E-state index in [1.54, 1.807) is 12.1 Å². The van der Waals surface area contributed by atoms with E-state index in [4.69, 9.17) is 9.47 Å². The van der Waals surface area contributed by atoms with Gasteiger partial charge in [0.1, 0.15) is 12.4 Å². The Balaban J connectivity index is 1.99. The molecule has 0 saturated heterocycles. The van der Waals surface area contributed by atoms with Gasteiger partial charge in [-0.05, 0) is 52.4 Å². The van der Waals surface area contributed by atoms with Crippen LogP contribution in [0.15, 0.2) is 54.6 Å². The van der Waals surface area contributed by atoms with Gasteiger partial charge in [0.2, 0.25) is 0 Å². The number of esters is 1. The van der Waals surface area contributed by atoms with Crippen molar-refractivity contribution in [2.45, 2.75) is 0 Å². The van der Waals surface area contributed by atoms with Crippen LogP contribution in [0.4, 0.5) is 0 Å². The molecule has 3 nitrogen and oxygen atoms in total. The first kappa shape index (κ1) is 15.6. The molecule has 0 N–H and O–H groups in total. The number of rotatable bonds is 5. The van der Waals surface area contributed by atoms with Crippen molar-refractivity contribution in [1.29, 1.82) is 0 Å². The van der Waals surface area contributed by atoms with Gasteiger partial charge in [-0.1, -0.05) is 36.4 Å². The maximum Gasteiger partial charge on any atom is 0.337 e. The van der Waals surface area contributed by atoms with Gasteiger partial charge in [0.05, 0.1) is 16.2 Å². The zero-order chi connectivity index (χ0) is 15.1. The zero-order valence-corrected chi connectivity index (χ0v) is 13.7. The lowest BCUT2D eigenvalue weighted by Crippen LogP contribution is -2.03. The average Bonchev–Trinajstić information content (AvgIpc) is 2.53. The fourth-order valence-electron chi connectivity index (χ4n) is 1.75. The number of hydrogen-bond acceptors (Lipinski definition) is 3. The average molecular weight is 394 g/mol. The number of benzene rings is 2. The molecule has 0 aliphatic carbocycles. The normalized spacial score (nSPS) is 10.6. The predicted octanol–water partition coefficient (Wildman–Crippen LogP) is 4.17. The molecule has 0 bridgehead atoms. The summed E-state index contributed by atoms with van der Waals surface area (Å²) in [7, 11) is 1.36. The molecule has 0 spiro atoms. The van der Waals surface area contributed by atoms with E-state index in [1.165, 1.54) is 7.11 Å². The molecule has 0 aliphatic heterocycles. The Morgan fingerprint density at radius 1 is 1.19 bits per heavy atom. The van der Waals surface area contributed by atoms with Crippen LogP contribution >= 0.6 is 22.6 Å². The minimum Gasteiger partial charge on any atom is -0.488 e. The second-order valence-corrected chi connectivity index (χ2v) is 5.42. The summed E-state index contributed by atoms with van der Waals surface area (Å²) in [5, 5.41) is 0. The summed E-state index contributed by atoms with van der Waals surface area (Å²) in [6.45, 7) is 0.440. The summed E-state index contributed by atoms with van der Waals surface area (Å²) in [5.41, 5.74) is 1.61. The van der Waals surface area contributed by atoms with Gasteiger partial charge in [0.15, 0.2) is 0 Å². The van der Waals surface area contributed by atoms with Crippen LogP contribution in [0, 0.1) is 3.57 Å². The molecule has 0 heterocycles. The van der Waals surface area contributed by atoms with E-state index in [0.29, 0.717) is 17.9 Å². The van der Waals surface area contributed by atoms with Gasteiger partial charge in [-0.15, -0.1) is 0 Å². The Hall–Kier alpha value is -1.82. The van der Waals surface area contributed by atoms with Crippen LogP contribution in [0.2, 0.25) is 0 Å². The van der Waals surface area contributed by atoms with Crippen LogP contribution in [-0.2, 0) is 4.74 Å². The van der Waals surface area contributed by atoms with Crippen molar-refractivity contribution in [3.05, 3.63) is 69.3 Å². The lowest BCUT2D eigenvalue weighted by Gasteiger charge is -2.07. The summed E-state index contributed by atoms with van der Waals surface area (Å²) in [4.78, 5) is 11.5. The molecule has 0 saturated carbocycles. The third-order valence-corrected chi connectivity index (χ3v) is 3.69. The molecule has 0 atom stereocenters. The number of hydrogen-bond donors (Lipinski definition) is 0. The van der Waals surface area contributed by atoms with Crippen molar-refractivity contribution >= 4 is 34.6 Å². The van der Waals surface area contributed by atoms with E-state index >= 15 is 0 Å². The van der Waals surface area contributed by atoms with Crippen molar-refractivity contribution in [2.24, 2.45) is 0 Å². The number of carbonyl (C=O) groups excluding carboxylic acids is 1. The highest BCUT2D eigenvalue weighted by Gasteiger charge is 2.09. The van der Waals surface area contributed by atoms with Gasteiger partial charge in [-0.3, -0.25) is 0 Å².